The third-order valence-electron chi connectivity index (χ3n) is 2.28. The van der Waals surface area contributed by atoms with Crippen LogP contribution < -0.4 is 0 Å². The molecule has 0 fully saturated rings. The summed E-state index contributed by atoms with van der Waals surface area (Å²) in [6, 6.07) is 6.21. The number of thiophene rings is 1. The van der Waals surface area contributed by atoms with Gasteiger partial charge in [0.2, 0.25) is 0 Å². The Kier molecular flexibility index (Phi) is 1.55. The van der Waals surface area contributed by atoms with Gasteiger partial charge in [0.1, 0.15) is 4.83 Å². The SMILES string of the molecule is Cc1ccc2c(n1)sc1ccncc12. The van der Waals surface area contributed by atoms with E-state index >= 15 is 0 Å². The zero-order valence-corrected chi connectivity index (χ0v) is 8.51. The first-order chi connectivity index (χ1) is 6.84. The average Bonchev–Trinajstić information content (AvgIpc) is 2.54. The fourth-order valence-electron chi connectivity index (χ4n) is 1.59. The van der Waals surface area contributed by atoms with Gasteiger partial charge in [0.25, 0.3) is 0 Å². The second kappa shape index (κ2) is 2.75. The summed E-state index contributed by atoms with van der Waals surface area (Å²) in [5, 5.41) is 2.42. The molecule has 0 saturated carbocycles. The van der Waals surface area contributed by atoms with Crippen molar-refractivity contribution in [2.45, 2.75) is 6.92 Å². The van der Waals surface area contributed by atoms with Crippen LogP contribution in [0, 0.1) is 6.92 Å². The highest BCUT2D eigenvalue weighted by atomic mass is 32.1. The molecular formula is C11H8N2S. The maximum absolute atomic E-state index is 4.50. The number of aryl methyl sites for hydroxylation is 1. The number of hydrogen-bond donors (Lipinski definition) is 0. The van der Waals surface area contributed by atoms with Crippen LogP contribution in [0.3, 0.4) is 0 Å². The predicted octanol–water partition coefficient (Wildman–Crippen LogP) is 3.15. The molecular weight excluding hydrogens is 192 g/mol. The van der Waals surface area contributed by atoms with Crippen molar-refractivity contribution in [2.24, 2.45) is 0 Å². The monoisotopic (exact) mass is 200 g/mol. The molecule has 0 aromatic carbocycles. The Labute approximate surface area is 85.2 Å². The second-order valence-electron chi connectivity index (χ2n) is 3.28. The Morgan fingerprint density at radius 3 is 3.00 bits per heavy atom. The van der Waals surface area contributed by atoms with Crippen molar-refractivity contribution in [1.29, 1.82) is 0 Å². The van der Waals surface area contributed by atoms with Crippen LogP contribution in [0.15, 0.2) is 30.6 Å². The van der Waals surface area contributed by atoms with Crippen LogP contribution in [-0.4, -0.2) is 9.97 Å². The molecule has 3 heteroatoms. The van der Waals surface area contributed by atoms with Gasteiger partial charge in [0.15, 0.2) is 0 Å². The molecule has 0 bridgehead atoms. The quantitative estimate of drug-likeness (QED) is 0.557. The topological polar surface area (TPSA) is 25.8 Å². The minimum atomic E-state index is 1.07. The highest BCUT2D eigenvalue weighted by molar-refractivity contribution is 7.25. The molecule has 3 aromatic heterocycles. The van der Waals surface area contributed by atoms with Crippen LogP contribution in [0.5, 0.6) is 0 Å². The van der Waals surface area contributed by atoms with Gasteiger partial charge in [-0.3, -0.25) is 4.98 Å². The van der Waals surface area contributed by atoms with E-state index in [4.69, 9.17) is 0 Å². The van der Waals surface area contributed by atoms with Crippen molar-refractivity contribution < 1.29 is 0 Å². The number of aromatic nitrogens is 2. The summed E-state index contributed by atoms with van der Waals surface area (Å²) in [5.74, 6) is 0. The first-order valence-corrected chi connectivity index (χ1v) is 5.26. The van der Waals surface area contributed by atoms with Crippen molar-refractivity contribution in [2.75, 3.05) is 0 Å². The number of hydrogen-bond acceptors (Lipinski definition) is 3. The van der Waals surface area contributed by atoms with Gasteiger partial charge in [-0.2, -0.15) is 0 Å². The Bertz CT molecular complexity index is 613. The lowest BCUT2D eigenvalue weighted by Gasteiger charge is -1.91. The van der Waals surface area contributed by atoms with Crippen molar-refractivity contribution >= 4 is 31.6 Å². The highest BCUT2D eigenvalue weighted by Gasteiger charge is 2.04. The van der Waals surface area contributed by atoms with E-state index < -0.39 is 0 Å². The highest BCUT2D eigenvalue weighted by Crippen LogP contribution is 2.31. The van der Waals surface area contributed by atoms with Gasteiger partial charge in [-0.1, -0.05) is 0 Å². The van der Waals surface area contributed by atoms with Gasteiger partial charge in [-0.05, 0) is 25.1 Å². The summed E-state index contributed by atoms with van der Waals surface area (Å²) in [6.07, 6.45) is 3.73. The van der Waals surface area contributed by atoms with Crippen molar-refractivity contribution in [3.05, 3.63) is 36.3 Å². The lowest BCUT2D eigenvalue weighted by molar-refractivity contribution is 1.27. The van der Waals surface area contributed by atoms with E-state index in [1.165, 1.54) is 15.5 Å². The minimum absolute atomic E-state index is 1.07. The molecule has 14 heavy (non-hydrogen) atoms. The minimum Gasteiger partial charge on any atom is -0.264 e. The van der Waals surface area contributed by atoms with Gasteiger partial charge >= 0.3 is 0 Å². The molecule has 0 N–H and O–H groups in total. The van der Waals surface area contributed by atoms with E-state index in [1.54, 1.807) is 11.3 Å². The first-order valence-electron chi connectivity index (χ1n) is 4.44. The van der Waals surface area contributed by atoms with Gasteiger partial charge in [0.05, 0.1) is 0 Å². The van der Waals surface area contributed by atoms with Gasteiger partial charge < -0.3 is 0 Å². The summed E-state index contributed by atoms with van der Waals surface area (Å²) >= 11 is 1.72. The Morgan fingerprint density at radius 2 is 2.07 bits per heavy atom. The zero-order chi connectivity index (χ0) is 9.54. The lowest BCUT2D eigenvalue weighted by Crippen LogP contribution is -1.77. The number of pyridine rings is 2. The van der Waals surface area contributed by atoms with Gasteiger partial charge in [0, 0.05) is 33.6 Å². The molecule has 0 aliphatic heterocycles. The van der Waals surface area contributed by atoms with E-state index in [2.05, 4.69) is 16.0 Å². The van der Waals surface area contributed by atoms with Crippen LogP contribution in [0.4, 0.5) is 0 Å². The molecule has 3 aromatic rings. The second-order valence-corrected chi connectivity index (χ2v) is 4.31. The molecule has 0 aliphatic carbocycles. The summed E-state index contributed by atoms with van der Waals surface area (Å²) in [4.78, 5) is 9.74. The smallest absolute Gasteiger partial charge is 0.124 e. The number of rotatable bonds is 0. The standard InChI is InChI=1S/C11H8N2S/c1-7-2-3-8-9-6-12-5-4-10(9)14-11(8)13-7/h2-6H,1H3. The lowest BCUT2D eigenvalue weighted by atomic mass is 10.2. The van der Waals surface area contributed by atoms with Crippen LogP contribution in [0.25, 0.3) is 20.3 Å². The molecule has 3 rings (SSSR count). The Morgan fingerprint density at radius 1 is 1.14 bits per heavy atom. The first kappa shape index (κ1) is 7.88. The fourth-order valence-corrected chi connectivity index (χ4v) is 2.68. The number of nitrogens with zero attached hydrogens (tertiary/aromatic N) is 2. The summed E-state index contributed by atoms with van der Waals surface area (Å²) in [6.45, 7) is 2.02. The van der Waals surface area contributed by atoms with E-state index in [0.29, 0.717) is 0 Å². The van der Waals surface area contributed by atoms with E-state index in [-0.39, 0.29) is 0 Å². The van der Waals surface area contributed by atoms with Gasteiger partial charge in [-0.15, -0.1) is 11.3 Å². The Balaban J connectivity index is 2.57. The normalized spacial score (nSPS) is 11.2. The average molecular weight is 200 g/mol. The van der Waals surface area contributed by atoms with Crippen molar-refractivity contribution in [3.8, 4) is 0 Å². The van der Waals surface area contributed by atoms with Crippen LogP contribution in [0.1, 0.15) is 5.69 Å². The third-order valence-corrected chi connectivity index (χ3v) is 3.36. The molecule has 0 saturated heterocycles. The molecule has 2 nitrogen and oxygen atoms in total. The van der Waals surface area contributed by atoms with Crippen LogP contribution in [0.2, 0.25) is 0 Å². The molecule has 0 radical (unpaired) electrons. The summed E-state index contributed by atoms with van der Waals surface area (Å²) < 4.78 is 1.26. The third kappa shape index (κ3) is 1.02. The number of fused-ring (bicyclic) bond motifs is 3. The van der Waals surface area contributed by atoms with Crippen molar-refractivity contribution in [1.82, 2.24) is 9.97 Å². The predicted molar refractivity (Wildman–Crippen MR) is 59.7 cm³/mol. The van der Waals surface area contributed by atoms with Crippen molar-refractivity contribution in [3.63, 3.8) is 0 Å². The van der Waals surface area contributed by atoms with Gasteiger partial charge in [-0.25, -0.2) is 4.98 Å². The van der Waals surface area contributed by atoms with Crippen LogP contribution in [-0.2, 0) is 0 Å². The fraction of sp³-hybridized carbons (Fsp3) is 0.0909. The molecule has 68 valence electrons. The molecule has 0 amide bonds. The molecule has 3 heterocycles. The molecule has 0 spiro atoms. The summed E-state index contributed by atoms with van der Waals surface area (Å²) in [5.41, 5.74) is 1.07. The molecule has 0 atom stereocenters. The van der Waals surface area contributed by atoms with Crippen LogP contribution >= 0.6 is 11.3 Å². The van der Waals surface area contributed by atoms with E-state index in [1.807, 2.05) is 31.5 Å². The largest absolute Gasteiger partial charge is 0.264 e. The maximum Gasteiger partial charge on any atom is 0.124 e. The summed E-state index contributed by atoms with van der Waals surface area (Å²) in [7, 11) is 0. The van der Waals surface area contributed by atoms with E-state index in [0.717, 1.165) is 10.5 Å². The maximum atomic E-state index is 4.50. The molecule has 0 unspecified atom stereocenters. The molecule has 0 aliphatic rings. The van der Waals surface area contributed by atoms with E-state index in [9.17, 15) is 0 Å². The zero-order valence-electron chi connectivity index (χ0n) is 7.69. The Hall–Kier alpha value is -1.48.